The van der Waals surface area contributed by atoms with E-state index in [0.29, 0.717) is 159 Å². The Morgan fingerprint density at radius 3 is 0.920 bits per heavy atom. The van der Waals surface area contributed by atoms with Gasteiger partial charge in [0.1, 0.15) is 71.3 Å². The number of carbonyl (C=O) groups is 8. The number of nitrogens with two attached hydrogens (primary N) is 1. The SMILES string of the molecule is NCCOC(=O)c1ccc2c(c1)OCCOCCOCCOCCO2.O=COCN(CCN(CCN(COC=O)CC(=O)CCCOC(=O)c1ccc2c(c1)OCCOCCOCCOCCO2)CC(=O)O)CC(=O)CCCOC(=O)c1ccc2c(c1)OCCOCCOCCOCCO2. The zero-order valence-electron chi connectivity index (χ0n) is 56.6. The van der Waals surface area contributed by atoms with Gasteiger partial charge in [0.05, 0.1) is 168 Å². The van der Waals surface area contributed by atoms with Crippen molar-refractivity contribution < 1.29 is 138 Å². The van der Waals surface area contributed by atoms with E-state index in [2.05, 4.69) is 0 Å². The van der Waals surface area contributed by atoms with E-state index in [9.17, 15) is 43.5 Å². The van der Waals surface area contributed by atoms with Gasteiger partial charge >= 0.3 is 23.9 Å². The maximum Gasteiger partial charge on any atom is 0.338 e. The van der Waals surface area contributed by atoms with Crippen LogP contribution in [0.2, 0.25) is 0 Å². The second-order valence-electron chi connectivity index (χ2n) is 21.6. The molecule has 33 nitrogen and oxygen atoms in total. The van der Waals surface area contributed by atoms with Gasteiger partial charge in [0, 0.05) is 45.6 Å². The van der Waals surface area contributed by atoms with Crippen LogP contribution in [0.1, 0.15) is 56.8 Å². The molecule has 3 aromatic carbocycles. The molecule has 0 atom stereocenters. The summed E-state index contributed by atoms with van der Waals surface area (Å²) in [7, 11) is 0. The Morgan fingerprint density at radius 1 is 0.370 bits per heavy atom. The molecular formula is C67H96N4O29. The number of esters is 3. The van der Waals surface area contributed by atoms with Crippen LogP contribution >= 0.6 is 0 Å². The highest BCUT2D eigenvalue weighted by molar-refractivity contribution is 5.91. The third-order valence-electron chi connectivity index (χ3n) is 14.0. The predicted molar refractivity (Wildman–Crippen MR) is 349 cm³/mol. The molecule has 0 saturated heterocycles. The summed E-state index contributed by atoms with van der Waals surface area (Å²) in [5, 5.41) is 9.68. The molecule has 558 valence electrons. The van der Waals surface area contributed by atoms with Gasteiger partial charge < -0.3 is 106 Å². The average Bonchev–Trinajstić information content (AvgIpc) is 0.887. The molecule has 0 bridgehead atoms. The minimum atomic E-state index is -1.14. The van der Waals surface area contributed by atoms with Crippen molar-refractivity contribution in [3.63, 3.8) is 0 Å². The van der Waals surface area contributed by atoms with Gasteiger partial charge in [0.25, 0.3) is 12.9 Å². The molecule has 0 fully saturated rings. The van der Waals surface area contributed by atoms with Crippen LogP contribution in [-0.4, -0.2) is 312 Å². The Labute approximate surface area is 580 Å². The predicted octanol–water partition coefficient (Wildman–Crippen LogP) is 1.92. The highest BCUT2D eigenvalue weighted by atomic mass is 16.6. The minimum Gasteiger partial charge on any atom is -0.487 e. The van der Waals surface area contributed by atoms with E-state index in [4.69, 9.17) is 100 Å². The standard InChI is InChI=1S/C50H71N3O22.C17H25NO7/c54-38-68-36-52(33-42(56)3-1-13-74-49(60)40-5-7-44-46(31-40)72-29-25-66-21-17-62-15-19-64-23-27-70-44)11-9-51(35-48(58)59)10-12-53(37-69-39-55)34-43(57)4-2-14-75-50(61)41-6-8-45-47(32-41)73-30-26-67-22-18-63-16-20-65-24-28-71-45;18-3-4-25-17(19)14-1-2-15-16(13-14)24-12-10-22-8-6-20-5-7-21-9-11-23-15/h5-8,31-32,38-39H,1-4,9-30,33-37H2,(H,58,59);1-2,13H,3-12,18H2. The third-order valence-corrected chi connectivity index (χ3v) is 14.0. The molecular weight excluding hydrogens is 1320 g/mol. The van der Waals surface area contributed by atoms with E-state index >= 15 is 0 Å². The zero-order chi connectivity index (χ0) is 71.3. The van der Waals surface area contributed by atoms with Crippen LogP contribution in [-0.2, 0) is 90.3 Å². The number of hydrogen-bond donors (Lipinski definition) is 2. The van der Waals surface area contributed by atoms with Crippen molar-refractivity contribution in [2.24, 2.45) is 5.73 Å². The minimum absolute atomic E-state index is 0.0184. The van der Waals surface area contributed by atoms with Crippen LogP contribution in [0.4, 0.5) is 0 Å². The molecule has 0 aliphatic carbocycles. The monoisotopic (exact) mass is 1420 g/mol. The summed E-state index contributed by atoms with van der Waals surface area (Å²) in [6, 6.07) is 14.2. The number of nitrogens with zero attached hydrogens (tertiary/aromatic N) is 3. The maximum absolute atomic E-state index is 13.1. The number of carboxylic acids is 1. The highest BCUT2D eigenvalue weighted by Gasteiger charge is 2.22. The van der Waals surface area contributed by atoms with Crippen molar-refractivity contribution in [2.45, 2.75) is 25.7 Å². The first kappa shape index (κ1) is 82.8. The van der Waals surface area contributed by atoms with Crippen molar-refractivity contribution >= 4 is 48.4 Å². The molecule has 3 aliphatic heterocycles. The summed E-state index contributed by atoms with van der Waals surface area (Å²) in [5.74, 6) is -0.917. The molecule has 0 saturated carbocycles. The molecule has 33 heteroatoms. The molecule has 0 amide bonds. The van der Waals surface area contributed by atoms with Gasteiger partial charge in [-0.3, -0.25) is 38.7 Å². The fourth-order valence-corrected chi connectivity index (χ4v) is 9.09. The number of hydrogen-bond acceptors (Lipinski definition) is 32. The Hall–Kier alpha value is -7.90. The Balaban J connectivity index is 0.000000601. The van der Waals surface area contributed by atoms with Crippen LogP contribution in [0.25, 0.3) is 0 Å². The normalized spacial score (nSPS) is 15.9. The molecule has 3 aromatic rings. The fourth-order valence-electron chi connectivity index (χ4n) is 9.09. The molecule has 3 aliphatic rings. The van der Waals surface area contributed by atoms with E-state index in [1.165, 1.54) is 34.1 Å². The summed E-state index contributed by atoms with van der Waals surface area (Å²) in [4.78, 5) is 103. The Kier molecular flexibility index (Phi) is 43.9. The van der Waals surface area contributed by atoms with E-state index < -0.39 is 30.4 Å². The molecule has 0 spiro atoms. The number of Topliss-reactive ketones (excluding diaryl/α,β-unsaturated/α-hetero) is 2. The average molecular weight is 1420 g/mol. The Bertz CT molecular complexity index is 2710. The van der Waals surface area contributed by atoms with Crippen LogP contribution in [0.15, 0.2) is 54.6 Å². The largest absolute Gasteiger partial charge is 0.487 e. The number of carbonyl (C=O) groups excluding carboxylic acids is 7. The lowest BCUT2D eigenvalue weighted by molar-refractivity contribution is -0.139. The molecule has 0 unspecified atom stereocenters. The van der Waals surface area contributed by atoms with E-state index in [1.54, 1.807) is 35.2 Å². The van der Waals surface area contributed by atoms with Gasteiger partial charge in [0.2, 0.25) is 0 Å². The van der Waals surface area contributed by atoms with Gasteiger partial charge in [-0.15, -0.1) is 0 Å². The number of carboxylic acid groups (broad SMARTS) is 1. The Morgan fingerprint density at radius 2 is 0.640 bits per heavy atom. The van der Waals surface area contributed by atoms with Crippen molar-refractivity contribution in [2.75, 3.05) is 244 Å². The lowest BCUT2D eigenvalue weighted by Gasteiger charge is -2.28. The van der Waals surface area contributed by atoms with Gasteiger partial charge in [-0.2, -0.15) is 0 Å². The van der Waals surface area contributed by atoms with Crippen molar-refractivity contribution in [3.8, 4) is 34.5 Å². The van der Waals surface area contributed by atoms with Gasteiger partial charge in [-0.25, -0.2) is 14.4 Å². The third kappa shape index (κ3) is 37.0. The number of benzene rings is 3. The smallest absolute Gasteiger partial charge is 0.338 e. The van der Waals surface area contributed by atoms with Gasteiger partial charge in [-0.1, -0.05) is 0 Å². The lowest BCUT2D eigenvalue weighted by atomic mass is 10.2. The van der Waals surface area contributed by atoms with Crippen molar-refractivity contribution in [1.29, 1.82) is 0 Å². The number of rotatable bonds is 31. The van der Waals surface area contributed by atoms with E-state index in [0.717, 1.165) is 0 Å². The van der Waals surface area contributed by atoms with E-state index in [-0.39, 0.29) is 180 Å². The summed E-state index contributed by atoms with van der Waals surface area (Å²) < 4.78 is 109. The number of ether oxygens (including phenoxy) is 20. The highest BCUT2D eigenvalue weighted by Crippen LogP contribution is 2.31. The summed E-state index contributed by atoms with van der Waals surface area (Å²) in [5.41, 5.74) is 6.13. The molecule has 0 aromatic heterocycles. The maximum atomic E-state index is 13.1. The van der Waals surface area contributed by atoms with Crippen molar-refractivity contribution in [1.82, 2.24) is 14.7 Å². The van der Waals surface area contributed by atoms with Crippen LogP contribution in [0, 0.1) is 0 Å². The van der Waals surface area contributed by atoms with Gasteiger partial charge in [-0.05, 0) is 67.4 Å². The zero-order valence-corrected chi connectivity index (χ0v) is 56.6. The molecule has 3 N–H and O–H groups in total. The number of fused-ring (bicyclic) bond motifs is 3. The lowest BCUT2D eigenvalue weighted by Crippen LogP contribution is -2.44. The molecule has 100 heavy (non-hydrogen) atoms. The topological polar surface area (TPSA) is 377 Å². The van der Waals surface area contributed by atoms with Crippen LogP contribution in [0.3, 0.4) is 0 Å². The molecule has 6 rings (SSSR count). The second-order valence-corrected chi connectivity index (χ2v) is 21.6. The number of ketones is 2. The molecule has 0 radical (unpaired) electrons. The van der Waals surface area contributed by atoms with Crippen molar-refractivity contribution in [3.05, 3.63) is 71.3 Å². The first-order valence-electron chi connectivity index (χ1n) is 33.1. The van der Waals surface area contributed by atoms with E-state index in [1.807, 2.05) is 0 Å². The molecule has 3 heterocycles. The first-order valence-corrected chi connectivity index (χ1v) is 33.1. The van der Waals surface area contributed by atoms with Crippen LogP contribution in [0.5, 0.6) is 34.5 Å². The summed E-state index contributed by atoms with van der Waals surface area (Å²) >= 11 is 0. The first-order chi connectivity index (χ1) is 49.0. The van der Waals surface area contributed by atoms with Gasteiger partial charge in [0.15, 0.2) is 34.5 Å². The fraction of sp³-hybridized carbons (Fsp3) is 0.612. The summed E-state index contributed by atoms with van der Waals surface area (Å²) in [6.45, 7) is 8.88. The quantitative estimate of drug-likeness (QED) is 0.0305. The van der Waals surface area contributed by atoms with Crippen LogP contribution < -0.4 is 34.2 Å². The summed E-state index contributed by atoms with van der Waals surface area (Å²) in [6.07, 6.45) is 0.423. The second kappa shape index (κ2) is 53.0. The number of aliphatic carboxylic acids is 1.